The molecule has 2 N–H and O–H groups in total. The van der Waals surface area contributed by atoms with Crippen LogP contribution in [0.15, 0.2) is 30.5 Å². The SMILES string of the molecule is FC(F)(F)c1ccnc(Nc2cccc3c2CCNC3)n1. The highest BCUT2D eigenvalue weighted by Gasteiger charge is 2.32. The molecule has 0 saturated heterocycles. The van der Waals surface area contributed by atoms with Crippen molar-refractivity contribution in [3.63, 3.8) is 0 Å². The van der Waals surface area contributed by atoms with E-state index in [9.17, 15) is 13.2 Å². The van der Waals surface area contributed by atoms with E-state index in [-0.39, 0.29) is 5.95 Å². The number of nitrogens with one attached hydrogen (secondary N) is 2. The van der Waals surface area contributed by atoms with Crippen LogP contribution in [-0.2, 0) is 19.1 Å². The van der Waals surface area contributed by atoms with Crippen LogP contribution in [0.4, 0.5) is 24.8 Å². The lowest BCUT2D eigenvalue weighted by Gasteiger charge is -2.20. The molecule has 7 heteroatoms. The Morgan fingerprint density at radius 1 is 1.19 bits per heavy atom. The Kier molecular flexibility index (Phi) is 3.50. The molecule has 0 spiro atoms. The molecule has 0 atom stereocenters. The fourth-order valence-electron chi connectivity index (χ4n) is 2.35. The predicted octanol–water partition coefficient (Wildman–Crippen LogP) is 2.88. The van der Waals surface area contributed by atoms with Gasteiger partial charge < -0.3 is 10.6 Å². The summed E-state index contributed by atoms with van der Waals surface area (Å²) in [5.41, 5.74) is 2.04. The third-order valence-corrected chi connectivity index (χ3v) is 3.33. The second-order valence-electron chi connectivity index (χ2n) is 4.76. The van der Waals surface area contributed by atoms with Crippen molar-refractivity contribution in [3.05, 3.63) is 47.3 Å². The van der Waals surface area contributed by atoms with Gasteiger partial charge in [-0.25, -0.2) is 9.97 Å². The largest absolute Gasteiger partial charge is 0.433 e. The summed E-state index contributed by atoms with van der Waals surface area (Å²) >= 11 is 0. The Bertz CT molecular complexity index is 655. The molecule has 3 rings (SSSR count). The van der Waals surface area contributed by atoms with E-state index in [0.29, 0.717) is 0 Å². The summed E-state index contributed by atoms with van der Waals surface area (Å²) in [6, 6.07) is 6.55. The summed E-state index contributed by atoms with van der Waals surface area (Å²) in [5.74, 6) is -0.0447. The normalized spacial score (nSPS) is 14.6. The number of aromatic nitrogens is 2. The molecule has 0 fully saturated rings. The monoisotopic (exact) mass is 294 g/mol. The molecule has 1 aromatic carbocycles. The van der Waals surface area contributed by atoms with Crippen LogP contribution in [-0.4, -0.2) is 16.5 Å². The number of hydrogen-bond donors (Lipinski definition) is 2. The van der Waals surface area contributed by atoms with Crippen LogP contribution in [0.2, 0.25) is 0 Å². The number of benzene rings is 1. The van der Waals surface area contributed by atoms with Gasteiger partial charge in [-0.1, -0.05) is 12.1 Å². The number of nitrogens with zero attached hydrogens (tertiary/aromatic N) is 2. The summed E-state index contributed by atoms with van der Waals surface area (Å²) < 4.78 is 38.0. The lowest BCUT2D eigenvalue weighted by Crippen LogP contribution is -2.24. The molecule has 4 nitrogen and oxygen atoms in total. The molecule has 0 aliphatic carbocycles. The fourth-order valence-corrected chi connectivity index (χ4v) is 2.35. The molecular formula is C14H13F3N4. The van der Waals surface area contributed by atoms with E-state index >= 15 is 0 Å². The Labute approximate surface area is 119 Å². The maximum atomic E-state index is 12.7. The van der Waals surface area contributed by atoms with Crippen LogP contribution in [0, 0.1) is 0 Å². The second kappa shape index (κ2) is 5.33. The lowest BCUT2D eigenvalue weighted by atomic mass is 9.99. The van der Waals surface area contributed by atoms with Crippen molar-refractivity contribution in [2.45, 2.75) is 19.1 Å². The quantitative estimate of drug-likeness (QED) is 0.894. The summed E-state index contributed by atoms with van der Waals surface area (Å²) in [4.78, 5) is 7.38. The van der Waals surface area contributed by atoms with Crippen LogP contribution in [0.1, 0.15) is 16.8 Å². The van der Waals surface area contributed by atoms with Crippen molar-refractivity contribution >= 4 is 11.6 Å². The van der Waals surface area contributed by atoms with Crippen LogP contribution >= 0.6 is 0 Å². The molecule has 1 aliphatic rings. The summed E-state index contributed by atoms with van der Waals surface area (Å²) in [6.07, 6.45) is -2.55. The number of hydrogen-bond acceptors (Lipinski definition) is 4. The molecule has 21 heavy (non-hydrogen) atoms. The zero-order valence-electron chi connectivity index (χ0n) is 11.0. The van der Waals surface area contributed by atoms with Gasteiger partial charge in [0.15, 0.2) is 0 Å². The molecular weight excluding hydrogens is 281 g/mol. The van der Waals surface area contributed by atoms with Crippen LogP contribution in [0.3, 0.4) is 0 Å². The topological polar surface area (TPSA) is 49.8 Å². The molecule has 1 aromatic heterocycles. The third-order valence-electron chi connectivity index (χ3n) is 3.33. The Morgan fingerprint density at radius 3 is 2.86 bits per heavy atom. The van der Waals surface area contributed by atoms with Gasteiger partial charge in [0.25, 0.3) is 0 Å². The molecule has 0 unspecified atom stereocenters. The van der Waals surface area contributed by atoms with Gasteiger partial charge in [0, 0.05) is 18.4 Å². The van der Waals surface area contributed by atoms with E-state index in [2.05, 4.69) is 20.6 Å². The first-order valence-corrected chi connectivity index (χ1v) is 6.53. The molecule has 0 amide bonds. The highest BCUT2D eigenvalue weighted by molar-refractivity contribution is 5.61. The first-order chi connectivity index (χ1) is 10.0. The highest BCUT2D eigenvalue weighted by Crippen LogP contribution is 2.29. The van der Waals surface area contributed by atoms with Gasteiger partial charge in [0.2, 0.25) is 5.95 Å². The molecule has 1 aliphatic heterocycles. The number of fused-ring (bicyclic) bond motifs is 1. The predicted molar refractivity (Wildman–Crippen MR) is 72.2 cm³/mol. The zero-order chi connectivity index (χ0) is 14.9. The van der Waals surface area contributed by atoms with Gasteiger partial charge in [-0.3, -0.25) is 0 Å². The average Bonchev–Trinajstić information content (AvgIpc) is 2.47. The first kappa shape index (κ1) is 13.8. The lowest BCUT2D eigenvalue weighted by molar-refractivity contribution is -0.141. The van der Waals surface area contributed by atoms with Crippen molar-refractivity contribution in [2.75, 3.05) is 11.9 Å². The molecule has 0 bridgehead atoms. The van der Waals surface area contributed by atoms with Gasteiger partial charge in [-0.05, 0) is 36.2 Å². The van der Waals surface area contributed by atoms with Crippen LogP contribution < -0.4 is 10.6 Å². The summed E-state index contributed by atoms with van der Waals surface area (Å²) in [5, 5.41) is 6.15. The van der Waals surface area contributed by atoms with Gasteiger partial charge in [-0.15, -0.1) is 0 Å². The Morgan fingerprint density at radius 2 is 2.05 bits per heavy atom. The van der Waals surface area contributed by atoms with Crippen molar-refractivity contribution in [1.29, 1.82) is 0 Å². The van der Waals surface area contributed by atoms with E-state index in [4.69, 9.17) is 0 Å². The minimum absolute atomic E-state index is 0.0447. The van der Waals surface area contributed by atoms with E-state index in [1.165, 1.54) is 0 Å². The van der Waals surface area contributed by atoms with Crippen molar-refractivity contribution < 1.29 is 13.2 Å². The number of halogens is 3. The Hall–Kier alpha value is -2.15. The van der Waals surface area contributed by atoms with Gasteiger partial charge in [0.05, 0.1) is 0 Å². The average molecular weight is 294 g/mol. The second-order valence-corrected chi connectivity index (χ2v) is 4.76. The van der Waals surface area contributed by atoms with Crippen molar-refractivity contribution in [1.82, 2.24) is 15.3 Å². The molecule has 0 radical (unpaired) electrons. The number of anilines is 2. The van der Waals surface area contributed by atoms with Crippen LogP contribution in [0.5, 0.6) is 0 Å². The van der Waals surface area contributed by atoms with E-state index in [0.717, 1.165) is 48.6 Å². The first-order valence-electron chi connectivity index (χ1n) is 6.53. The standard InChI is InChI=1S/C14H13F3N4/c15-14(16,17)12-5-7-19-13(21-12)20-11-3-1-2-9-8-18-6-4-10(9)11/h1-3,5,7,18H,4,6,8H2,(H,19,20,21). The molecule has 0 saturated carbocycles. The van der Waals surface area contributed by atoms with Crippen molar-refractivity contribution in [3.8, 4) is 0 Å². The summed E-state index contributed by atoms with van der Waals surface area (Å²) in [7, 11) is 0. The highest BCUT2D eigenvalue weighted by atomic mass is 19.4. The Balaban J connectivity index is 1.91. The van der Waals surface area contributed by atoms with Crippen LogP contribution in [0.25, 0.3) is 0 Å². The van der Waals surface area contributed by atoms with E-state index in [1.54, 1.807) is 0 Å². The minimum Gasteiger partial charge on any atom is -0.324 e. The number of alkyl halides is 3. The van der Waals surface area contributed by atoms with Gasteiger partial charge in [-0.2, -0.15) is 13.2 Å². The molecule has 2 heterocycles. The maximum Gasteiger partial charge on any atom is 0.433 e. The van der Waals surface area contributed by atoms with Gasteiger partial charge >= 0.3 is 6.18 Å². The third kappa shape index (κ3) is 2.97. The van der Waals surface area contributed by atoms with Gasteiger partial charge in [0.1, 0.15) is 5.69 Å². The molecule has 2 aromatic rings. The fraction of sp³-hybridized carbons (Fsp3) is 0.286. The molecule has 110 valence electrons. The van der Waals surface area contributed by atoms with E-state index in [1.807, 2.05) is 18.2 Å². The summed E-state index contributed by atoms with van der Waals surface area (Å²) in [6.45, 7) is 1.60. The smallest absolute Gasteiger partial charge is 0.324 e. The minimum atomic E-state index is -4.47. The zero-order valence-corrected chi connectivity index (χ0v) is 11.0. The number of rotatable bonds is 2. The maximum absolute atomic E-state index is 12.7. The van der Waals surface area contributed by atoms with E-state index < -0.39 is 11.9 Å². The van der Waals surface area contributed by atoms with Crippen molar-refractivity contribution in [2.24, 2.45) is 0 Å².